The maximum Gasteiger partial charge on any atom is 0.281 e. The molecule has 3 aromatic rings. The highest BCUT2D eigenvalue weighted by atomic mass is 16.6. The number of benzene rings is 1. The first-order chi connectivity index (χ1) is 13.9. The monoisotopic (exact) mass is 390 g/mol. The van der Waals surface area contributed by atoms with Gasteiger partial charge in [-0.05, 0) is 30.7 Å². The number of non-ortho nitro benzene ring substituents is 1. The molecule has 0 saturated carbocycles. The summed E-state index contributed by atoms with van der Waals surface area (Å²) in [5, 5.41) is 38.4. The van der Waals surface area contributed by atoms with Gasteiger partial charge < -0.3 is 5.11 Å². The Morgan fingerprint density at radius 2 is 2.00 bits per heavy atom. The van der Waals surface area contributed by atoms with Crippen LogP contribution in [-0.4, -0.2) is 19.6 Å². The summed E-state index contributed by atoms with van der Waals surface area (Å²) in [6.07, 6.45) is 3.11. The molecular weight excluding hydrogens is 376 g/mol. The molecule has 0 saturated heterocycles. The van der Waals surface area contributed by atoms with Gasteiger partial charge in [0.05, 0.1) is 17.2 Å². The van der Waals surface area contributed by atoms with Crippen molar-refractivity contribution >= 4 is 17.1 Å². The summed E-state index contributed by atoms with van der Waals surface area (Å²) in [5.41, 5.74) is 0.190. The van der Waals surface area contributed by atoms with E-state index in [9.17, 15) is 25.3 Å². The maximum atomic E-state index is 12.9. The topological polar surface area (TPSA) is 147 Å². The highest BCUT2D eigenvalue weighted by Gasteiger charge is 2.19. The molecule has 0 fully saturated rings. The molecule has 2 heterocycles. The molecule has 0 radical (unpaired) electrons. The summed E-state index contributed by atoms with van der Waals surface area (Å²) >= 11 is 0. The van der Waals surface area contributed by atoms with E-state index < -0.39 is 16.4 Å². The molecule has 0 amide bonds. The van der Waals surface area contributed by atoms with Crippen molar-refractivity contribution in [2.24, 2.45) is 10.2 Å². The summed E-state index contributed by atoms with van der Waals surface area (Å²) in [6.45, 7) is 1.48. The summed E-state index contributed by atoms with van der Waals surface area (Å²) < 4.78 is 1.02. The fourth-order valence-electron chi connectivity index (χ4n) is 2.63. The Kier molecular flexibility index (Phi) is 5.41. The average molecular weight is 390 g/mol. The predicted octanol–water partition coefficient (Wildman–Crippen LogP) is 3.50. The standard InChI is InChI=1S/C19H14N6O4/c1-12-16(9-20)18(26)24(11-13-3-2-8-21-10-13)19(27)17(12)23-22-14-4-6-15(7-5-14)25(28)29/h2-8,10,26H,11H2,1H3. The van der Waals surface area contributed by atoms with Crippen molar-refractivity contribution in [1.29, 1.82) is 5.26 Å². The third kappa shape index (κ3) is 3.98. The van der Waals surface area contributed by atoms with Gasteiger partial charge in [-0.1, -0.05) is 6.07 Å². The Morgan fingerprint density at radius 3 is 2.59 bits per heavy atom. The smallest absolute Gasteiger partial charge is 0.281 e. The number of hydrogen-bond acceptors (Lipinski definition) is 8. The van der Waals surface area contributed by atoms with E-state index in [1.165, 1.54) is 37.4 Å². The second kappa shape index (κ2) is 8.10. The van der Waals surface area contributed by atoms with E-state index in [1.54, 1.807) is 18.3 Å². The van der Waals surface area contributed by atoms with E-state index in [0.29, 0.717) is 11.3 Å². The van der Waals surface area contributed by atoms with E-state index in [-0.39, 0.29) is 29.0 Å². The van der Waals surface area contributed by atoms with E-state index in [0.717, 1.165) is 4.57 Å². The molecule has 0 spiro atoms. The molecule has 10 heteroatoms. The second-order valence-electron chi connectivity index (χ2n) is 6.01. The van der Waals surface area contributed by atoms with Crippen LogP contribution in [0.25, 0.3) is 0 Å². The predicted molar refractivity (Wildman–Crippen MR) is 102 cm³/mol. The molecular formula is C19H14N6O4. The van der Waals surface area contributed by atoms with Gasteiger partial charge in [0.15, 0.2) is 5.69 Å². The zero-order valence-electron chi connectivity index (χ0n) is 15.2. The zero-order valence-corrected chi connectivity index (χ0v) is 15.2. The Hall–Kier alpha value is -4.39. The third-order valence-corrected chi connectivity index (χ3v) is 4.16. The van der Waals surface area contributed by atoms with Crippen molar-refractivity contribution < 1.29 is 10.0 Å². The van der Waals surface area contributed by atoms with E-state index in [2.05, 4.69) is 15.2 Å². The number of aromatic hydroxyl groups is 1. The molecule has 29 heavy (non-hydrogen) atoms. The first-order valence-corrected chi connectivity index (χ1v) is 8.34. The fourth-order valence-corrected chi connectivity index (χ4v) is 2.63. The molecule has 1 N–H and O–H groups in total. The molecule has 2 aromatic heterocycles. The Morgan fingerprint density at radius 1 is 1.28 bits per heavy atom. The van der Waals surface area contributed by atoms with Gasteiger partial charge in [-0.25, -0.2) is 0 Å². The summed E-state index contributed by atoms with van der Waals surface area (Å²) in [4.78, 5) is 27.0. The van der Waals surface area contributed by atoms with Crippen molar-refractivity contribution in [3.63, 3.8) is 0 Å². The highest BCUT2D eigenvalue weighted by molar-refractivity contribution is 5.57. The van der Waals surface area contributed by atoms with Crippen LogP contribution in [-0.2, 0) is 6.54 Å². The lowest BCUT2D eigenvalue weighted by atomic mass is 10.1. The number of rotatable bonds is 5. The molecule has 0 aliphatic heterocycles. The lowest BCUT2D eigenvalue weighted by Gasteiger charge is -2.12. The number of nitro benzene ring substituents is 1. The van der Waals surface area contributed by atoms with Gasteiger partial charge in [-0.2, -0.15) is 10.4 Å². The van der Waals surface area contributed by atoms with Crippen LogP contribution in [0.5, 0.6) is 5.88 Å². The summed E-state index contributed by atoms with van der Waals surface area (Å²) in [6, 6.07) is 10.6. The molecule has 10 nitrogen and oxygen atoms in total. The van der Waals surface area contributed by atoms with Crippen LogP contribution in [0.4, 0.5) is 17.1 Å². The molecule has 0 aliphatic carbocycles. The molecule has 0 bridgehead atoms. The maximum absolute atomic E-state index is 12.9. The van der Waals surface area contributed by atoms with Crippen LogP contribution >= 0.6 is 0 Å². The van der Waals surface area contributed by atoms with Gasteiger partial charge in [0.25, 0.3) is 11.2 Å². The van der Waals surface area contributed by atoms with Crippen molar-refractivity contribution in [3.8, 4) is 11.9 Å². The van der Waals surface area contributed by atoms with Crippen molar-refractivity contribution in [3.05, 3.63) is 86.0 Å². The Balaban J connectivity index is 2.06. The van der Waals surface area contributed by atoms with Gasteiger partial charge in [-0.15, -0.1) is 5.11 Å². The Labute approximate surface area is 164 Å². The van der Waals surface area contributed by atoms with Gasteiger partial charge in [0.1, 0.15) is 11.6 Å². The molecule has 0 atom stereocenters. The minimum absolute atomic E-state index is 0.00643. The Bertz CT molecular complexity index is 1190. The molecule has 0 aliphatic rings. The highest BCUT2D eigenvalue weighted by Crippen LogP contribution is 2.27. The van der Waals surface area contributed by atoms with Crippen LogP contribution < -0.4 is 5.56 Å². The molecule has 144 valence electrons. The van der Waals surface area contributed by atoms with Gasteiger partial charge >= 0.3 is 0 Å². The number of nitriles is 1. The zero-order chi connectivity index (χ0) is 21.0. The van der Waals surface area contributed by atoms with Gasteiger partial charge in [-0.3, -0.25) is 24.5 Å². The number of aromatic nitrogens is 2. The third-order valence-electron chi connectivity index (χ3n) is 4.16. The molecule has 1 aromatic carbocycles. The lowest BCUT2D eigenvalue weighted by molar-refractivity contribution is -0.384. The van der Waals surface area contributed by atoms with E-state index in [4.69, 9.17) is 0 Å². The number of nitrogens with zero attached hydrogens (tertiary/aromatic N) is 6. The van der Waals surface area contributed by atoms with Crippen LogP contribution in [0.15, 0.2) is 63.8 Å². The van der Waals surface area contributed by atoms with Crippen LogP contribution in [0, 0.1) is 28.4 Å². The SMILES string of the molecule is Cc1c(C#N)c(O)n(Cc2cccnc2)c(=O)c1N=Nc1ccc([N+](=O)[O-])cc1. The largest absolute Gasteiger partial charge is 0.493 e. The van der Waals surface area contributed by atoms with E-state index in [1.807, 2.05) is 6.07 Å². The number of nitro groups is 1. The summed E-state index contributed by atoms with van der Waals surface area (Å²) in [7, 11) is 0. The van der Waals surface area contributed by atoms with Gasteiger partial charge in [0.2, 0.25) is 5.88 Å². The van der Waals surface area contributed by atoms with Gasteiger partial charge in [0, 0.05) is 30.1 Å². The van der Waals surface area contributed by atoms with Crippen LogP contribution in [0.1, 0.15) is 16.7 Å². The first kappa shape index (κ1) is 19.4. The van der Waals surface area contributed by atoms with E-state index >= 15 is 0 Å². The lowest BCUT2D eigenvalue weighted by Crippen LogP contribution is -2.22. The minimum atomic E-state index is -0.631. The molecule has 0 unspecified atom stereocenters. The molecule has 3 rings (SSSR count). The number of azo groups is 1. The average Bonchev–Trinajstić information content (AvgIpc) is 2.72. The van der Waals surface area contributed by atoms with Crippen molar-refractivity contribution in [2.75, 3.05) is 0 Å². The number of pyridine rings is 2. The minimum Gasteiger partial charge on any atom is -0.493 e. The second-order valence-corrected chi connectivity index (χ2v) is 6.01. The van der Waals surface area contributed by atoms with Crippen molar-refractivity contribution in [2.45, 2.75) is 13.5 Å². The quantitative estimate of drug-likeness (QED) is 0.400. The summed E-state index contributed by atoms with van der Waals surface area (Å²) in [5.74, 6) is -0.465. The fraction of sp³-hybridized carbons (Fsp3) is 0.105. The van der Waals surface area contributed by atoms with Crippen molar-refractivity contribution in [1.82, 2.24) is 9.55 Å². The van der Waals surface area contributed by atoms with Crippen LogP contribution in [0.3, 0.4) is 0 Å². The van der Waals surface area contributed by atoms with Crippen LogP contribution in [0.2, 0.25) is 0 Å². The first-order valence-electron chi connectivity index (χ1n) is 8.34. The normalized spacial score (nSPS) is 10.8. The number of hydrogen-bond donors (Lipinski definition) is 1.